The lowest BCUT2D eigenvalue weighted by Gasteiger charge is -2.17. The summed E-state index contributed by atoms with van der Waals surface area (Å²) < 4.78 is 27.9. The van der Waals surface area contributed by atoms with Gasteiger partial charge in [0.1, 0.15) is 11.1 Å². The first-order valence-electron chi connectivity index (χ1n) is 9.92. The van der Waals surface area contributed by atoms with E-state index in [2.05, 4.69) is 23.0 Å². The molecule has 4 rings (SSSR count). The van der Waals surface area contributed by atoms with E-state index in [4.69, 9.17) is 0 Å². The standard InChI is InChI=1S/C23H21N3O3S2/c1-15-11-12-17-19(14-24)23(30-21(17)13-15)25-22(27)18-9-5-6-10-20(18)26-31(28,29)16-7-3-2-4-8-16/h2-10,15,26H,11-13H2,1H3,(H,25,27). The number of benzene rings is 2. The fourth-order valence-corrected chi connectivity index (χ4v) is 6.16. The van der Waals surface area contributed by atoms with E-state index in [0.717, 1.165) is 29.7 Å². The molecule has 0 bridgehead atoms. The van der Waals surface area contributed by atoms with Gasteiger partial charge < -0.3 is 5.32 Å². The Hall–Kier alpha value is -3.15. The molecule has 0 radical (unpaired) electrons. The lowest BCUT2D eigenvalue weighted by atomic mass is 9.88. The van der Waals surface area contributed by atoms with Gasteiger partial charge in [-0.25, -0.2) is 8.42 Å². The molecule has 1 atom stereocenters. The summed E-state index contributed by atoms with van der Waals surface area (Å²) in [7, 11) is -3.84. The number of thiophene rings is 1. The Morgan fingerprint density at radius 3 is 2.58 bits per heavy atom. The Labute approximate surface area is 185 Å². The number of nitrogens with one attached hydrogen (secondary N) is 2. The molecule has 1 amide bonds. The Morgan fingerprint density at radius 2 is 1.84 bits per heavy atom. The van der Waals surface area contributed by atoms with E-state index in [0.29, 0.717) is 16.5 Å². The van der Waals surface area contributed by atoms with Gasteiger partial charge in [0, 0.05) is 4.88 Å². The molecule has 0 saturated carbocycles. The van der Waals surface area contributed by atoms with Crippen molar-refractivity contribution in [2.45, 2.75) is 31.1 Å². The molecular weight excluding hydrogens is 430 g/mol. The van der Waals surface area contributed by atoms with Gasteiger partial charge in [-0.15, -0.1) is 11.3 Å². The summed E-state index contributed by atoms with van der Waals surface area (Å²) in [5.41, 5.74) is 1.91. The van der Waals surface area contributed by atoms with Crippen molar-refractivity contribution >= 4 is 38.0 Å². The van der Waals surface area contributed by atoms with Gasteiger partial charge in [-0.1, -0.05) is 37.3 Å². The van der Waals surface area contributed by atoms with Crippen LogP contribution in [0.1, 0.15) is 39.7 Å². The fraction of sp³-hybridized carbons (Fsp3) is 0.217. The zero-order chi connectivity index (χ0) is 22.0. The first-order chi connectivity index (χ1) is 14.9. The number of carbonyl (C=O) groups is 1. The summed E-state index contributed by atoms with van der Waals surface area (Å²) in [6, 6.07) is 16.6. The van der Waals surface area contributed by atoms with E-state index < -0.39 is 15.9 Å². The number of nitrogens with zero attached hydrogens (tertiary/aromatic N) is 1. The predicted molar refractivity (Wildman–Crippen MR) is 122 cm³/mol. The molecule has 1 aliphatic rings. The highest BCUT2D eigenvalue weighted by Gasteiger charge is 2.26. The maximum Gasteiger partial charge on any atom is 0.261 e. The predicted octanol–water partition coefficient (Wildman–Crippen LogP) is 4.80. The molecule has 31 heavy (non-hydrogen) atoms. The van der Waals surface area contributed by atoms with Crippen LogP contribution in [0.4, 0.5) is 10.7 Å². The van der Waals surface area contributed by atoms with Crippen LogP contribution in [0.3, 0.4) is 0 Å². The second-order valence-electron chi connectivity index (χ2n) is 7.59. The molecule has 3 aromatic rings. The largest absolute Gasteiger partial charge is 0.312 e. The zero-order valence-electron chi connectivity index (χ0n) is 16.9. The van der Waals surface area contributed by atoms with Crippen LogP contribution < -0.4 is 10.0 Å². The molecule has 1 unspecified atom stereocenters. The van der Waals surface area contributed by atoms with Crippen molar-refractivity contribution in [2.24, 2.45) is 5.92 Å². The summed E-state index contributed by atoms with van der Waals surface area (Å²) in [6.07, 6.45) is 2.76. The molecule has 2 aromatic carbocycles. The van der Waals surface area contributed by atoms with Gasteiger partial charge >= 0.3 is 0 Å². The van der Waals surface area contributed by atoms with Crippen LogP contribution >= 0.6 is 11.3 Å². The van der Waals surface area contributed by atoms with Gasteiger partial charge in [-0.3, -0.25) is 9.52 Å². The number of nitriles is 1. The summed E-state index contributed by atoms with van der Waals surface area (Å²) in [5.74, 6) is 0.0869. The molecule has 2 N–H and O–H groups in total. The Kier molecular flexibility index (Phi) is 5.81. The highest BCUT2D eigenvalue weighted by molar-refractivity contribution is 7.92. The van der Waals surface area contributed by atoms with Gasteiger partial charge in [0.2, 0.25) is 0 Å². The molecule has 0 spiro atoms. The number of para-hydroxylation sites is 1. The number of hydrogen-bond donors (Lipinski definition) is 2. The average molecular weight is 452 g/mol. The first-order valence-corrected chi connectivity index (χ1v) is 12.2. The molecule has 8 heteroatoms. The van der Waals surface area contributed by atoms with Crippen molar-refractivity contribution in [1.29, 1.82) is 5.26 Å². The Balaban J connectivity index is 1.62. The molecule has 0 saturated heterocycles. The minimum Gasteiger partial charge on any atom is -0.312 e. The van der Waals surface area contributed by atoms with Crippen molar-refractivity contribution in [3.8, 4) is 6.07 Å². The molecule has 6 nitrogen and oxygen atoms in total. The Bertz CT molecular complexity index is 1280. The monoisotopic (exact) mass is 451 g/mol. The van der Waals surface area contributed by atoms with E-state index in [9.17, 15) is 18.5 Å². The van der Waals surface area contributed by atoms with E-state index in [1.807, 2.05) is 0 Å². The third kappa shape index (κ3) is 4.33. The third-order valence-electron chi connectivity index (χ3n) is 5.32. The highest BCUT2D eigenvalue weighted by Crippen LogP contribution is 2.39. The number of fused-ring (bicyclic) bond motifs is 1. The normalized spacial score (nSPS) is 15.5. The van der Waals surface area contributed by atoms with E-state index in [1.165, 1.54) is 23.5 Å². The number of rotatable bonds is 5. The zero-order valence-corrected chi connectivity index (χ0v) is 18.5. The van der Waals surface area contributed by atoms with E-state index in [-0.39, 0.29) is 16.1 Å². The van der Waals surface area contributed by atoms with Gasteiger partial charge in [0.15, 0.2) is 0 Å². The highest BCUT2D eigenvalue weighted by atomic mass is 32.2. The molecule has 0 fully saturated rings. The second kappa shape index (κ2) is 8.53. The summed E-state index contributed by atoms with van der Waals surface area (Å²) >= 11 is 1.44. The number of hydrogen-bond acceptors (Lipinski definition) is 5. The second-order valence-corrected chi connectivity index (χ2v) is 10.4. The summed E-state index contributed by atoms with van der Waals surface area (Å²) in [6.45, 7) is 2.18. The fourth-order valence-electron chi connectivity index (χ4n) is 3.70. The van der Waals surface area contributed by atoms with Crippen LogP contribution in [0.2, 0.25) is 0 Å². The lowest BCUT2D eigenvalue weighted by Crippen LogP contribution is -2.18. The minimum atomic E-state index is -3.84. The molecule has 158 valence electrons. The van der Waals surface area contributed by atoms with Crippen molar-refractivity contribution in [1.82, 2.24) is 0 Å². The van der Waals surface area contributed by atoms with Gasteiger partial charge in [-0.05, 0) is 55.0 Å². The number of carbonyl (C=O) groups excluding carboxylic acids is 1. The third-order valence-corrected chi connectivity index (χ3v) is 7.87. The molecule has 1 aromatic heterocycles. The smallest absolute Gasteiger partial charge is 0.261 e. The lowest BCUT2D eigenvalue weighted by molar-refractivity contribution is 0.102. The van der Waals surface area contributed by atoms with Crippen LogP contribution in [0.15, 0.2) is 59.5 Å². The SMILES string of the molecule is CC1CCc2c(sc(NC(=O)c3ccccc3NS(=O)(=O)c3ccccc3)c2C#N)C1. The molecule has 0 aliphatic heterocycles. The average Bonchev–Trinajstić information content (AvgIpc) is 3.10. The maximum atomic E-state index is 13.1. The molecule has 1 aliphatic carbocycles. The van der Waals surface area contributed by atoms with E-state index in [1.54, 1.807) is 42.5 Å². The van der Waals surface area contributed by atoms with Crippen molar-refractivity contribution in [2.75, 3.05) is 10.0 Å². The number of amides is 1. The quantitative estimate of drug-likeness (QED) is 0.582. The van der Waals surface area contributed by atoms with Crippen LogP contribution in [0, 0.1) is 17.2 Å². The van der Waals surface area contributed by atoms with Gasteiger partial charge in [-0.2, -0.15) is 5.26 Å². The maximum absolute atomic E-state index is 13.1. The summed E-state index contributed by atoms with van der Waals surface area (Å²) in [5, 5.41) is 13.0. The number of sulfonamides is 1. The summed E-state index contributed by atoms with van der Waals surface area (Å²) in [4.78, 5) is 14.3. The van der Waals surface area contributed by atoms with Crippen LogP contribution in [-0.2, 0) is 22.9 Å². The minimum absolute atomic E-state index is 0.108. The van der Waals surface area contributed by atoms with E-state index >= 15 is 0 Å². The van der Waals surface area contributed by atoms with Crippen LogP contribution in [0.25, 0.3) is 0 Å². The van der Waals surface area contributed by atoms with Crippen molar-refractivity contribution in [3.05, 3.63) is 76.2 Å². The van der Waals surface area contributed by atoms with Gasteiger partial charge in [0.05, 0.1) is 21.7 Å². The topological polar surface area (TPSA) is 99.1 Å². The van der Waals surface area contributed by atoms with Crippen molar-refractivity contribution in [3.63, 3.8) is 0 Å². The molecular formula is C23H21N3O3S2. The van der Waals surface area contributed by atoms with Crippen LogP contribution in [-0.4, -0.2) is 14.3 Å². The van der Waals surface area contributed by atoms with Crippen molar-refractivity contribution < 1.29 is 13.2 Å². The number of anilines is 2. The molecule has 1 heterocycles. The van der Waals surface area contributed by atoms with Gasteiger partial charge in [0.25, 0.3) is 15.9 Å². The van der Waals surface area contributed by atoms with Crippen LogP contribution in [0.5, 0.6) is 0 Å². The first kappa shape index (κ1) is 21.1. The Morgan fingerprint density at radius 1 is 1.13 bits per heavy atom.